The van der Waals surface area contributed by atoms with E-state index in [0.717, 1.165) is 39.1 Å². The summed E-state index contributed by atoms with van der Waals surface area (Å²) in [5, 5.41) is 6.65. The number of piperidine rings is 1. The monoisotopic (exact) mass is 320 g/mol. The molecule has 0 aliphatic carbocycles. The maximum Gasteiger partial charge on any atom is 0.271 e. The summed E-state index contributed by atoms with van der Waals surface area (Å²) < 4.78 is 5.43. The quantitative estimate of drug-likeness (QED) is 0.918. The second-order valence-electron chi connectivity index (χ2n) is 7.34. The van der Waals surface area contributed by atoms with Crippen molar-refractivity contribution in [3.63, 3.8) is 0 Å². The predicted octanol–water partition coefficient (Wildman–Crippen LogP) is 1.76. The Kier molecular flexibility index (Phi) is 4.73. The fourth-order valence-electron chi connectivity index (χ4n) is 4.24. The summed E-state index contributed by atoms with van der Waals surface area (Å²) in [6.07, 6.45) is 4.98. The third-order valence-electron chi connectivity index (χ3n) is 5.52. The summed E-state index contributed by atoms with van der Waals surface area (Å²) in [5.41, 5.74) is 0.937. The minimum absolute atomic E-state index is 0.0736. The lowest BCUT2D eigenvalue weighted by Crippen LogP contribution is -2.45. The lowest BCUT2D eigenvalue weighted by molar-refractivity contribution is 0.0576. The highest BCUT2D eigenvalue weighted by atomic mass is 16.5. The molecule has 2 aliphatic heterocycles. The van der Waals surface area contributed by atoms with E-state index in [2.05, 4.69) is 28.9 Å². The van der Waals surface area contributed by atoms with Gasteiger partial charge in [-0.15, -0.1) is 0 Å². The van der Waals surface area contributed by atoms with Gasteiger partial charge in [0.1, 0.15) is 5.69 Å². The van der Waals surface area contributed by atoms with Crippen LogP contribution in [-0.4, -0.2) is 71.3 Å². The van der Waals surface area contributed by atoms with Crippen molar-refractivity contribution < 1.29 is 9.53 Å². The largest absolute Gasteiger partial charge is 0.383 e. The van der Waals surface area contributed by atoms with Crippen molar-refractivity contribution in [3.8, 4) is 0 Å². The summed E-state index contributed by atoms with van der Waals surface area (Å²) in [6, 6.07) is 2.80. The highest BCUT2D eigenvalue weighted by Crippen LogP contribution is 2.44. The molecule has 3 heterocycles. The SMILES string of the molecule is COCC1CC2(CCN(C(=O)c3ccn[nH]3)CC2)CN1C(C)C. The molecule has 128 valence electrons. The number of nitrogens with one attached hydrogen (secondary N) is 1. The number of rotatable bonds is 4. The van der Waals surface area contributed by atoms with Crippen LogP contribution in [0, 0.1) is 5.41 Å². The molecule has 3 rings (SSSR count). The molecule has 1 spiro atoms. The standard InChI is InChI=1S/C17H28N4O2/c1-13(2)21-12-17(10-14(21)11-23-3)5-8-20(9-6-17)16(22)15-4-7-18-19-15/h4,7,13-14H,5-6,8-12H2,1-3H3,(H,18,19). The summed E-state index contributed by atoms with van der Waals surface area (Å²) in [4.78, 5) is 17.0. The van der Waals surface area contributed by atoms with Gasteiger partial charge in [0, 0.05) is 45.0 Å². The van der Waals surface area contributed by atoms with Gasteiger partial charge in [0.25, 0.3) is 5.91 Å². The molecule has 0 aromatic carbocycles. The van der Waals surface area contributed by atoms with Crippen LogP contribution in [0.4, 0.5) is 0 Å². The summed E-state index contributed by atoms with van der Waals surface area (Å²) in [5.74, 6) is 0.0736. The second-order valence-corrected chi connectivity index (χ2v) is 7.34. The van der Waals surface area contributed by atoms with Crippen molar-refractivity contribution in [3.05, 3.63) is 18.0 Å². The number of carbonyl (C=O) groups excluding carboxylic acids is 1. The Hall–Kier alpha value is -1.40. The van der Waals surface area contributed by atoms with Gasteiger partial charge in [-0.25, -0.2) is 0 Å². The van der Waals surface area contributed by atoms with Gasteiger partial charge in [-0.05, 0) is 44.6 Å². The van der Waals surface area contributed by atoms with E-state index in [-0.39, 0.29) is 5.91 Å². The molecular weight excluding hydrogens is 292 g/mol. The van der Waals surface area contributed by atoms with Crippen LogP contribution in [0.2, 0.25) is 0 Å². The van der Waals surface area contributed by atoms with Gasteiger partial charge in [-0.1, -0.05) is 0 Å². The third kappa shape index (κ3) is 3.28. The number of hydrogen-bond acceptors (Lipinski definition) is 4. The molecule has 2 fully saturated rings. The van der Waals surface area contributed by atoms with Gasteiger partial charge >= 0.3 is 0 Å². The van der Waals surface area contributed by atoms with E-state index in [1.165, 1.54) is 6.42 Å². The lowest BCUT2D eigenvalue weighted by atomic mass is 9.76. The van der Waals surface area contributed by atoms with E-state index in [1.807, 2.05) is 4.90 Å². The first-order valence-electron chi connectivity index (χ1n) is 8.58. The van der Waals surface area contributed by atoms with Gasteiger partial charge in [0.2, 0.25) is 0 Å². The molecule has 1 unspecified atom stereocenters. The van der Waals surface area contributed by atoms with E-state index >= 15 is 0 Å². The van der Waals surface area contributed by atoms with Crippen molar-refractivity contribution in [2.24, 2.45) is 5.41 Å². The van der Waals surface area contributed by atoms with E-state index in [1.54, 1.807) is 19.4 Å². The maximum absolute atomic E-state index is 12.4. The molecule has 0 bridgehead atoms. The molecule has 1 aromatic rings. The number of H-pyrrole nitrogens is 1. The molecule has 2 aliphatic rings. The Bertz CT molecular complexity index is 521. The summed E-state index contributed by atoms with van der Waals surface area (Å²) in [7, 11) is 1.79. The topological polar surface area (TPSA) is 61.5 Å². The van der Waals surface area contributed by atoms with E-state index < -0.39 is 0 Å². The zero-order valence-electron chi connectivity index (χ0n) is 14.4. The van der Waals surface area contributed by atoms with E-state index in [4.69, 9.17) is 4.74 Å². The number of hydrogen-bond donors (Lipinski definition) is 1. The molecular formula is C17H28N4O2. The van der Waals surface area contributed by atoms with Crippen LogP contribution in [0.15, 0.2) is 12.3 Å². The number of nitrogens with zero attached hydrogens (tertiary/aromatic N) is 3. The van der Waals surface area contributed by atoms with Gasteiger partial charge in [0.05, 0.1) is 6.61 Å². The van der Waals surface area contributed by atoms with Gasteiger partial charge < -0.3 is 9.64 Å². The third-order valence-corrected chi connectivity index (χ3v) is 5.52. The Morgan fingerprint density at radius 1 is 1.48 bits per heavy atom. The van der Waals surface area contributed by atoms with Crippen molar-refractivity contribution in [2.75, 3.05) is 33.4 Å². The van der Waals surface area contributed by atoms with Crippen LogP contribution in [0.5, 0.6) is 0 Å². The Morgan fingerprint density at radius 3 is 2.78 bits per heavy atom. The highest BCUT2D eigenvalue weighted by molar-refractivity contribution is 5.92. The van der Waals surface area contributed by atoms with Crippen LogP contribution in [0.25, 0.3) is 0 Å². The fraction of sp³-hybridized carbons (Fsp3) is 0.765. The average Bonchev–Trinajstić information content (AvgIpc) is 3.17. The summed E-state index contributed by atoms with van der Waals surface area (Å²) >= 11 is 0. The minimum atomic E-state index is 0.0736. The van der Waals surface area contributed by atoms with Crippen molar-refractivity contribution in [1.82, 2.24) is 20.0 Å². The average molecular weight is 320 g/mol. The molecule has 2 saturated heterocycles. The number of carbonyl (C=O) groups is 1. The van der Waals surface area contributed by atoms with Crippen molar-refractivity contribution in [1.29, 1.82) is 0 Å². The smallest absolute Gasteiger partial charge is 0.271 e. The Balaban J connectivity index is 1.63. The predicted molar refractivity (Wildman–Crippen MR) is 88.3 cm³/mol. The van der Waals surface area contributed by atoms with Crippen LogP contribution in [0.1, 0.15) is 43.6 Å². The molecule has 0 saturated carbocycles. The first kappa shape index (κ1) is 16.5. The first-order chi connectivity index (χ1) is 11.0. The number of ether oxygens (including phenoxy) is 1. The normalized spacial score (nSPS) is 24.7. The molecule has 1 N–H and O–H groups in total. The van der Waals surface area contributed by atoms with Gasteiger partial charge in [0.15, 0.2) is 0 Å². The Labute approximate surface area is 138 Å². The van der Waals surface area contributed by atoms with Crippen molar-refractivity contribution in [2.45, 2.75) is 45.2 Å². The number of methoxy groups -OCH3 is 1. The highest BCUT2D eigenvalue weighted by Gasteiger charge is 2.46. The minimum Gasteiger partial charge on any atom is -0.383 e. The van der Waals surface area contributed by atoms with Gasteiger partial charge in [-0.3, -0.25) is 14.8 Å². The molecule has 1 aromatic heterocycles. The Morgan fingerprint density at radius 2 is 2.22 bits per heavy atom. The van der Waals surface area contributed by atoms with Crippen LogP contribution in [-0.2, 0) is 4.74 Å². The maximum atomic E-state index is 12.4. The molecule has 6 nitrogen and oxygen atoms in total. The zero-order chi connectivity index (χ0) is 16.4. The lowest BCUT2D eigenvalue weighted by Gasteiger charge is -2.39. The van der Waals surface area contributed by atoms with Crippen LogP contribution < -0.4 is 0 Å². The number of amides is 1. The zero-order valence-corrected chi connectivity index (χ0v) is 14.4. The molecule has 6 heteroatoms. The number of aromatic amines is 1. The molecule has 0 radical (unpaired) electrons. The molecule has 23 heavy (non-hydrogen) atoms. The summed E-state index contributed by atoms with van der Waals surface area (Å²) in [6.45, 7) is 8.13. The number of likely N-dealkylation sites (tertiary alicyclic amines) is 2. The van der Waals surface area contributed by atoms with E-state index in [0.29, 0.717) is 23.2 Å². The van der Waals surface area contributed by atoms with E-state index in [9.17, 15) is 4.79 Å². The van der Waals surface area contributed by atoms with Crippen LogP contribution >= 0.6 is 0 Å². The number of aromatic nitrogens is 2. The molecule has 1 amide bonds. The molecule has 1 atom stereocenters. The van der Waals surface area contributed by atoms with Crippen molar-refractivity contribution >= 4 is 5.91 Å². The fourth-order valence-corrected chi connectivity index (χ4v) is 4.24. The first-order valence-corrected chi connectivity index (χ1v) is 8.58. The van der Waals surface area contributed by atoms with Crippen LogP contribution in [0.3, 0.4) is 0 Å². The van der Waals surface area contributed by atoms with Gasteiger partial charge in [-0.2, -0.15) is 5.10 Å². The second kappa shape index (κ2) is 6.61.